The summed E-state index contributed by atoms with van der Waals surface area (Å²) in [6.07, 6.45) is 0. The summed E-state index contributed by atoms with van der Waals surface area (Å²) in [5.74, 6) is -0.928. The molecule has 1 aliphatic carbocycles. The molecule has 3 heteroatoms. The fourth-order valence-electron chi connectivity index (χ4n) is 6.69. The molecule has 0 unspecified atom stereocenters. The van der Waals surface area contributed by atoms with Crippen molar-refractivity contribution in [2.24, 2.45) is 0 Å². The largest absolute Gasteiger partial charge is 0.478 e. The monoisotopic (exact) mass is 507 g/mol. The SMILES string of the molecule is CC(C)(C)c1ccc(N2c3ccccc3C3(c4ccccc4-c4ccccc43)c3ccccc32)c(C(=O)O)c1. The lowest BCUT2D eigenvalue weighted by molar-refractivity contribution is 0.0697. The van der Waals surface area contributed by atoms with E-state index in [1.165, 1.54) is 22.3 Å². The molecule has 1 aliphatic heterocycles. The Bertz CT molecular complexity index is 1700. The molecular weight excluding hydrogens is 478 g/mol. The number of rotatable bonds is 2. The molecule has 5 aromatic rings. The van der Waals surface area contributed by atoms with Gasteiger partial charge in [0.15, 0.2) is 0 Å². The maximum absolute atomic E-state index is 12.7. The third-order valence-electron chi connectivity index (χ3n) is 8.38. The van der Waals surface area contributed by atoms with Gasteiger partial charge < -0.3 is 10.0 Å². The number of hydrogen-bond donors (Lipinski definition) is 1. The van der Waals surface area contributed by atoms with Crippen LogP contribution in [0.5, 0.6) is 0 Å². The van der Waals surface area contributed by atoms with Gasteiger partial charge in [-0.05, 0) is 68.6 Å². The van der Waals surface area contributed by atoms with Crippen LogP contribution in [0.25, 0.3) is 11.1 Å². The second-order valence-corrected chi connectivity index (χ2v) is 11.5. The summed E-state index contributed by atoms with van der Waals surface area (Å²) in [6, 6.07) is 40.2. The van der Waals surface area contributed by atoms with E-state index in [-0.39, 0.29) is 5.41 Å². The van der Waals surface area contributed by atoms with Crippen LogP contribution in [-0.2, 0) is 10.8 Å². The van der Waals surface area contributed by atoms with Crippen LogP contribution in [0, 0.1) is 0 Å². The molecule has 190 valence electrons. The molecule has 1 spiro atoms. The lowest BCUT2D eigenvalue weighted by atomic mass is 9.64. The zero-order chi connectivity index (χ0) is 26.9. The van der Waals surface area contributed by atoms with Crippen LogP contribution >= 0.6 is 0 Å². The summed E-state index contributed by atoms with van der Waals surface area (Å²) in [5.41, 5.74) is 10.6. The second-order valence-electron chi connectivity index (χ2n) is 11.5. The molecule has 3 nitrogen and oxygen atoms in total. The van der Waals surface area contributed by atoms with Crippen molar-refractivity contribution in [1.29, 1.82) is 0 Å². The highest BCUT2D eigenvalue weighted by atomic mass is 16.4. The molecule has 0 bridgehead atoms. The van der Waals surface area contributed by atoms with Gasteiger partial charge in [0.1, 0.15) is 0 Å². The molecule has 0 atom stereocenters. The smallest absolute Gasteiger partial charge is 0.337 e. The van der Waals surface area contributed by atoms with Gasteiger partial charge in [0, 0.05) is 0 Å². The highest BCUT2D eigenvalue weighted by molar-refractivity contribution is 6.01. The first-order chi connectivity index (χ1) is 18.8. The Morgan fingerprint density at radius 2 is 1.08 bits per heavy atom. The van der Waals surface area contributed by atoms with Crippen molar-refractivity contribution in [3.05, 3.63) is 149 Å². The molecule has 0 aromatic heterocycles. The summed E-state index contributed by atoms with van der Waals surface area (Å²) >= 11 is 0. The highest BCUT2D eigenvalue weighted by Gasteiger charge is 2.51. The van der Waals surface area contributed by atoms with E-state index in [0.717, 1.165) is 28.1 Å². The van der Waals surface area contributed by atoms with Gasteiger partial charge in [-0.2, -0.15) is 0 Å². The van der Waals surface area contributed by atoms with Gasteiger partial charge in [-0.3, -0.25) is 0 Å². The summed E-state index contributed by atoms with van der Waals surface area (Å²) in [4.78, 5) is 14.9. The summed E-state index contributed by atoms with van der Waals surface area (Å²) in [7, 11) is 0. The van der Waals surface area contributed by atoms with E-state index in [0.29, 0.717) is 11.3 Å². The van der Waals surface area contributed by atoms with Crippen molar-refractivity contribution >= 4 is 23.0 Å². The third-order valence-corrected chi connectivity index (χ3v) is 8.38. The first-order valence-electron chi connectivity index (χ1n) is 13.4. The molecule has 0 saturated carbocycles. The Morgan fingerprint density at radius 3 is 1.56 bits per heavy atom. The zero-order valence-corrected chi connectivity index (χ0v) is 22.3. The number of carbonyl (C=O) groups is 1. The third kappa shape index (κ3) is 3.13. The Kier molecular flexibility index (Phi) is 4.93. The second kappa shape index (κ2) is 8.18. The number of carboxylic acid groups (broad SMARTS) is 1. The fourth-order valence-corrected chi connectivity index (χ4v) is 6.69. The van der Waals surface area contributed by atoms with Crippen molar-refractivity contribution in [3.8, 4) is 11.1 Å². The molecule has 2 aliphatic rings. The summed E-state index contributed by atoms with van der Waals surface area (Å²) in [6.45, 7) is 6.33. The van der Waals surface area contributed by atoms with Crippen LogP contribution < -0.4 is 4.90 Å². The Balaban J connectivity index is 1.59. The molecule has 5 aromatic carbocycles. The average molecular weight is 508 g/mol. The molecule has 1 N–H and O–H groups in total. The number of fused-ring (bicyclic) bond motifs is 9. The molecular formula is C36H29NO2. The predicted octanol–water partition coefficient (Wildman–Crippen LogP) is 8.83. The van der Waals surface area contributed by atoms with Crippen molar-refractivity contribution in [1.82, 2.24) is 0 Å². The lowest BCUT2D eigenvalue weighted by Crippen LogP contribution is -2.36. The molecule has 39 heavy (non-hydrogen) atoms. The lowest BCUT2D eigenvalue weighted by Gasteiger charge is -2.45. The van der Waals surface area contributed by atoms with E-state index in [1.807, 2.05) is 24.3 Å². The van der Waals surface area contributed by atoms with Crippen LogP contribution in [-0.4, -0.2) is 11.1 Å². The van der Waals surface area contributed by atoms with E-state index < -0.39 is 11.4 Å². The number of hydrogen-bond acceptors (Lipinski definition) is 2. The summed E-state index contributed by atoms with van der Waals surface area (Å²) in [5, 5.41) is 10.4. The highest BCUT2D eigenvalue weighted by Crippen LogP contribution is 2.63. The molecule has 7 rings (SSSR count). The van der Waals surface area contributed by atoms with E-state index >= 15 is 0 Å². The first kappa shape index (κ1) is 23.5. The Hall–Kier alpha value is -4.63. The van der Waals surface area contributed by atoms with Gasteiger partial charge in [0.2, 0.25) is 0 Å². The van der Waals surface area contributed by atoms with E-state index in [2.05, 4.69) is 117 Å². The minimum atomic E-state index is -0.928. The number of carboxylic acids is 1. The topological polar surface area (TPSA) is 40.5 Å². The minimum absolute atomic E-state index is 0.165. The van der Waals surface area contributed by atoms with Crippen LogP contribution in [0.4, 0.5) is 17.1 Å². The maximum atomic E-state index is 12.7. The van der Waals surface area contributed by atoms with Crippen LogP contribution in [0.15, 0.2) is 115 Å². The van der Waals surface area contributed by atoms with E-state index in [9.17, 15) is 9.90 Å². The standard InChI is InChI=1S/C36H29NO2/c1-35(2,3)23-20-21-31(26(22-23)34(38)39)37-32-18-10-8-16-29(32)36(30-17-9-11-19-33(30)37)27-14-6-4-12-24(27)25-13-5-7-15-28(25)36/h4-22H,1-3H3,(H,38,39). The van der Waals surface area contributed by atoms with E-state index in [1.54, 1.807) is 0 Å². The van der Waals surface area contributed by atoms with Crippen LogP contribution in [0.1, 0.15) is 58.9 Å². The number of benzene rings is 5. The predicted molar refractivity (Wildman–Crippen MR) is 158 cm³/mol. The van der Waals surface area contributed by atoms with Gasteiger partial charge >= 0.3 is 5.97 Å². The van der Waals surface area contributed by atoms with Crippen molar-refractivity contribution in [2.45, 2.75) is 31.6 Å². The number of anilines is 3. The maximum Gasteiger partial charge on any atom is 0.337 e. The normalized spacial score (nSPS) is 14.4. The molecule has 0 saturated heterocycles. The van der Waals surface area contributed by atoms with Crippen molar-refractivity contribution in [3.63, 3.8) is 0 Å². The molecule has 0 radical (unpaired) electrons. The van der Waals surface area contributed by atoms with Crippen LogP contribution in [0.3, 0.4) is 0 Å². The Morgan fingerprint density at radius 1 is 0.615 bits per heavy atom. The van der Waals surface area contributed by atoms with Gasteiger partial charge in [0.25, 0.3) is 0 Å². The van der Waals surface area contributed by atoms with Gasteiger partial charge in [0.05, 0.1) is 28.0 Å². The number of nitrogens with zero attached hydrogens (tertiary/aromatic N) is 1. The molecule has 1 heterocycles. The van der Waals surface area contributed by atoms with Crippen molar-refractivity contribution < 1.29 is 9.90 Å². The minimum Gasteiger partial charge on any atom is -0.478 e. The summed E-state index contributed by atoms with van der Waals surface area (Å²) < 4.78 is 0. The number of para-hydroxylation sites is 2. The zero-order valence-electron chi connectivity index (χ0n) is 22.3. The molecule has 0 fully saturated rings. The first-order valence-corrected chi connectivity index (χ1v) is 13.4. The fraction of sp³-hybridized carbons (Fsp3) is 0.139. The van der Waals surface area contributed by atoms with E-state index in [4.69, 9.17) is 0 Å². The van der Waals surface area contributed by atoms with Gasteiger partial charge in [-0.1, -0.05) is 112 Å². The quantitative estimate of drug-likeness (QED) is 0.254. The number of aromatic carboxylic acids is 1. The van der Waals surface area contributed by atoms with Gasteiger partial charge in [-0.25, -0.2) is 4.79 Å². The van der Waals surface area contributed by atoms with Gasteiger partial charge in [-0.15, -0.1) is 0 Å². The van der Waals surface area contributed by atoms with Crippen LogP contribution in [0.2, 0.25) is 0 Å². The average Bonchev–Trinajstić information content (AvgIpc) is 3.24. The van der Waals surface area contributed by atoms with Crippen molar-refractivity contribution in [2.75, 3.05) is 4.90 Å². The molecule has 0 amide bonds. The Labute approximate surface area is 229 Å².